The van der Waals surface area contributed by atoms with Crippen LogP contribution in [0.3, 0.4) is 0 Å². The Hall–Kier alpha value is -3.51. The maximum absolute atomic E-state index is 13.0. The van der Waals surface area contributed by atoms with Gasteiger partial charge >= 0.3 is 5.97 Å². The second-order valence-electron chi connectivity index (χ2n) is 7.90. The number of esters is 1. The maximum Gasteiger partial charge on any atom is 0.341 e. The Morgan fingerprint density at radius 1 is 1.21 bits per heavy atom. The molecule has 0 bridgehead atoms. The first-order valence-corrected chi connectivity index (χ1v) is 11.5. The van der Waals surface area contributed by atoms with Crippen LogP contribution >= 0.6 is 11.3 Å². The fourth-order valence-corrected chi connectivity index (χ4v) is 5.38. The van der Waals surface area contributed by atoms with E-state index in [1.807, 2.05) is 4.90 Å². The van der Waals surface area contributed by atoms with E-state index in [2.05, 4.69) is 5.32 Å². The molecule has 34 heavy (non-hydrogen) atoms. The summed E-state index contributed by atoms with van der Waals surface area (Å²) in [6, 6.07) is 4.32. The van der Waals surface area contributed by atoms with Crippen molar-refractivity contribution in [2.45, 2.75) is 19.9 Å². The third kappa shape index (κ3) is 4.59. The number of nitrogens with zero attached hydrogens (tertiary/aromatic N) is 3. The molecule has 1 N–H and O–H groups in total. The van der Waals surface area contributed by atoms with Gasteiger partial charge < -0.3 is 24.6 Å². The first kappa shape index (κ1) is 23.6. The lowest BCUT2D eigenvalue weighted by atomic mass is 10.0. The number of anilines is 2. The monoisotopic (exact) mass is 488 g/mol. The third-order valence-electron chi connectivity index (χ3n) is 5.90. The van der Waals surface area contributed by atoms with Gasteiger partial charge in [0.1, 0.15) is 10.7 Å². The Morgan fingerprint density at radius 3 is 2.59 bits per heavy atom. The Bertz CT molecular complexity index is 1160. The molecule has 2 aliphatic rings. The van der Waals surface area contributed by atoms with Crippen molar-refractivity contribution >= 4 is 45.5 Å². The largest absolute Gasteiger partial charge is 0.465 e. The van der Waals surface area contributed by atoms with Crippen molar-refractivity contribution in [3.8, 4) is 0 Å². The number of thiophene rings is 1. The summed E-state index contributed by atoms with van der Waals surface area (Å²) < 4.78 is 10.2. The smallest absolute Gasteiger partial charge is 0.341 e. The summed E-state index contributed by atoms with van der Waals surface area (Å²) in [5.74, 6) is -1.24. The van der Waals surface area contributed by atoms with Crippen LogP contribution in [-0.4, -0.2) is 67.6 Å². The SMILES string of the molecule is COC(=O)c1c(NC(=O)c2ccc(N3CCOCC3)c([N+](=O)[O-])c2)sc2c1CCN(C(C)=O)C2. The first-order valence-electron chi connectivity index (χ1n) is 10.7. The Kier molecular flexibility index (Phi) is 6.80. The van der Waals surface area contributed by atoms with Crippen molar-refractivity contribution in [2.75, 3.05) is 50.2 Å². The number of hydrogen-bond donors (Lipinski definition) is 1. The molecular formula is C22H24N4O7S. The van der Waals surface area contributed by atoms with Crippen molar-refractivity contribution in [1.82, 2.24) is 4.90 Å². The van der Waals surface area contributed by atoms with E-state index in [4.69, 9.17) is 9.47 Å². The van der Waals surface area contributed by atoms with E-state index in [-0.39, 0.29) is 22.7 Å². The maximum atomic E-state index is 13.0. The zero-order valence-corrected chi connectivity index (χ0v) is 19.6. The van der Waals surface area contributed by atoms with Gasteiger partial charge in [-0.3, -0.25) is 19.7 Å². The highest BCUT2D eigenvalue weighted by atomic mass is 32.1. The second kappa shape index (κ2) is 9.77. The van der Waals surface area contributed by atoms with Gasteiger partial charge in [-0.2, -0.15) is 0 Å². The van der Waals surface area contributed by atoms with Crippen LogP contribution in [0.25, 0.3) is 0 Å². The van der Waals surface area contributed by atoms with Gasteiger partial charge in [0.2, 0.25) is 5.91 Å². The van der Waals surface area contributed by atoms with Gasteiger partial charge in [-0.25, -0.2) is 4.79 Å². The Labute approximate surface area is 199 Å². The fourth-order valence-electron chi connectivity index (χ4n) is 4.14. The molecule has 0 unspecified atom stereocenters. The van der Waals surface area contributed by atoms with Crippen molar-refractivity contribution < 1.29 is 28.8 Å². The molecule has 3 heterocycles. The molecule has 1 saturated heterocycles. The summed E-state index contributed by atoms with van der Waals surface area (Å²) >= 11 is 1.20. The summed E-state index contributed by atoms with van der Waals surface area (Å²) in [4.78, 5) is 52.9. The molecule has 1 aromatic heterocycles. The number of morpholine rings is 1. The number of benzene rings is 1. The van der Waals surface area contributed by atoms with E-state index in [1.165, 1.54) is 37.5 Å². The Morgan fingerprint density at radius 2 is 1.94 bits per heavy atom. The molecule has 4 rings (SSSR count). The van der Waals surface area contributed by atoms with Crippen molar-refractivity contribution in [2.24, 2.45) is 0 Å². The van der Waals surface area contributed by atoms with E-state index in [0.717, 1.165) is 10.4 Å². The number of rotatable bonds is 5. The first-order chi connectivity index (χ1) is 16.3. The average molecular weight is 489 g/mol. The summed E-state index contributed by atoms with van der Waals surface area (Å²) in [6.07, 6.45) is 0.464. The molecule has 1 aromatic carbocycles. The van der Waals surface area contributed by atoms with E-state index >= 15 is 0 Å². The van der Waals surface area contributed by atoms with Gasteiger partial charge in [0.05, 0.1) is 37.4 Å². The molecule has 12 heteroatoms. The van der Waals surface area contributed by atoms with Crippen molar-refractivity contribution in [3.63, 3.8) is 0 Å². The molecule has 2 amide bonds. The molecular weight excluding hydrogens is 464 g/mol. The number of nitrogens with one attached hydrogen (secondary N) is 1. The lowest BCUT2D eigenvalue weighted by Gasteiger charge is -2.28. The number of carbonyl (C=O) groups is 3. The molecule has 2 aliphatic heterocycles. The van der Waals surface area contributed by atoms with Crippen LogP contribution < -0.4 is 10.2 Å². The van der Waals surface area contributed by atoms with E-state index in [9.17, 15) is 24.5 Å². The van der Waals surface area contributed by atoms with Crippen LogP contribution in [0.5, 0.6) is 0 Å². The second-order valence-corrected chi connectivity index (χ2v) is 9.01. The van der Waals surface area contributed by atoms with Crippen LogP contribution in [0.4, 0.5) is 16.4 Å². The van der Waals surface area contributed by atoms with Crippen LogP contribution in [0, 0.1) is 10.1 Å². The number of nitro benzene ring substituents is 1. The normalized spacial score (nSPS) is 15.5. The topological polar surface area (TPSA) is 131 Å². The van der Waals surface area contributed by atoms with Gasteiger partial charge in [0, 0.05) is 43.1 Å². The number of hydrogen-bond acceptors (Lipinski definition) is 9. The molecule has 2 aromatic rings. The van der Waals surface area contributed by atoms with E-state index in [0.29, 0.717) is 56.5 Å². The lowest BCUT2D eigenvalue weighted by Crippen LogP contribution is -2.36. The summed E-state index contributed by atoms with van der Waals surface area (Å²) in [5, 5.41) is 14.7. The fraction of sp³-hybridized carbons (Fsp3) is 0.409. The number of ether oxygens (including phenoxy) is 2. The van der Waals surface area contributed by atoms with Crippen LogP contribution in [0.1, 0.15) is 38.1 Å². The molecule has 0 spiro atoms. The molecule has 0 aliphatic carbocycles. The zero-order chi connectivity index (χ0) is 24.4. The van der Waals surface area contributed by atoms with E-state index in [1.54, 1.807) is 11.0 Å². The molecule has 1 fully saturated rings. The minimum absolute atomic E-state index is 0.0723. The van der Waals surface area contributed by atoms with Gasteiger partial charge in [0.15, 0.2) is 0 Å². The predicted octanol–water partition coefficient (Wildman–Crippen LogP) is 2.44. The van der Waals surface area contributed by atoms with Gasteiger partial charge in [-0.1, -0.05) is 0 Å². The highest BCUT2D eigenvalue weighted by Gasteiger charge is 2.31. The summed E-state index contributed by atoms with van der Waals surface area (Å²) in [7, 11) is 1.26. The summed E-state index contributed by atoms with van der Waals surface area (Å²) in [5.41, 5.74) is 1.36. The molecule has 0 atom stereocenters. The van der Waals surface area contributed by atoms with E-state index < -0.39 is 16.8 Å². The minimum atomic E-state index is -0.585. The highest BCUT2D eigenvalue weighted by Crippen LogP contribution is 2.38. The number of amides is 2. The third-order valence-corrected chi connectivity index (χ3v) is 7.04. The van der Waals surface area contributed by atoms with Crippen molar-refractivity contribution in [3.05, 3.63) is 49.9 Å². The van der Waals surface area contributed by atoms with Crippen LogP contribution in [-0.2, 0) is 27.2 Å². The van der Waals surface area contributed by atoms with Gasteiger partial charge in [-0.05, 0) is 24.1 Å². The highest BCUT2D eigenvalue weighted by molar-refractivity contribution is 7.17. The van der Waals surface area contributed by atoms with Crippen LogP contribution in [0.15, 0.2) is 18.2 Å². The standard InChI is InChI=1S/C22H24N4O7S/c1-13(27)25-6-5-15-18(12-25)34-21(19(15)22(29)32-2)23-20(28)14-3-4-16(17(11-14)26(30)31)24-7-9-33-10-8-24/h3-4,11H,5-10,12H2,1-2H3,(H,23,28). The van der Waals surface area contributed by atoms with Crippen LogP contribution in [0.2, 0.25) is 0 Å². The lowest BCUT2D eigenvalue weighted by molar-refractivity contribution is -0.384. The van der Waals surface area contributed by atoms with Crippen molar-refractivity contribution in [1.29, 1.82) is 0 Å². The summed E-state index contributed by atoms with van der Waals surface area (Å²) in [6.45, 7) is 4.27. The molecule has 0 radical (unpaired) electrons. The number of nitro groups is 1. The number of carbonyl (C=O) groups excluding carboxylic acids is 3. The zero-order valence-electron chi connectivity index (χ0n) is 18.8. The number of fused-ring (bicyclic) bond motifs is 1. The molecule has 180 valence electrons. The Balaban J connectivity index is 1.63. The average Bonchev–Trinajstić information content (AvgIpc) is 3.20. The van der Waals surface area contributed by atoms with Gasteiger partial charge in [0.25, 0.3) is 11.6 Å². The quantitative estimate of drug-likeness (QED) is 0.386. The molecule has 11 nitrogen and oxygen atoms in total. The number of methoxy groups -OCH3 is 1. The molecule has 0 saturated carbocycles. The minimum Gasteiger partial charge on any atom is -0.465 e. The van der Waals surface area contributed by atoms with Gasteiger partial charge in [-0.15, -0.1) is 11.3 Å². The predicted molar refractivity (Wildman–Crippen MR) is 125 cm³/mol.